The molecule has 0 unspecified atom stereocenters. The van der Waals surface area contributed by atoms with Gasteiger partial charge in [-0.15, -0.1) is 10.2 Å². The van der Waals surface area contributed by atoms with Crippen molar-refractivity contribution < 1.29 is 13.9 Å². The number of para-hydroxylation sites is 1. The van der Waals surface area contributed by atoms with Crippen molar-refractivity contribution >= 4 is 17.7 Å². The lowest BCUT2D eigenvalue weighted by molar-refractivity contribution is -0.130. The number of benzene rings is 2. The van der Waals surface area contributed by atoms with E-state index in [1.165, 1.54) is 11.8 Å². The van der Waals surface area contributed by atoms with Gasteiger partial charge >= 0.3 is 0 Å². The molecular formula is C24H28N4O3S. The molecule has 1 fully saturated rings. The average Bonchev–Trinajstić information content (AvgIpc) is 3.27. The fourth-order valence-corrected chi connectivity index (χ4v) is 4.39. The summed E-state index contributed by atoms with van der Waals surface area (Å²) in [5.41, 5.74) is 3.20. The first-order valence-corrected chi connectivity index (χ1v) is 11.8. The molecule has 1 aliphatic heterocycles. The first kappa shape index (κ1) is 22.4. The molecule has 0 aliphatic carbocycles. The van der Waals surface area contributed by atoms with Crippen LogP contribution in [0.15, 0.2) is 58.2 Å². The summed E-state index contributed by atoms with van der Waals surface area (Å²) in [6.07, 6.45) is 0. The smallest absolute Gasteiger partial charge is 0.277 e. The molecule has 4 rings (SSSR count). The average molecular weight is 453 g/mol. The van der Waals surface area contributed by atoms with E-state index in [1.54, 1.807) is 0 Å². The minimum absolute atomic E-state index is 0.0985. The summed E-state index contributed by atoms with van der Waals surface area (Å²) in [4.78, 5) is 16.8. The number of thioether (sulfide) groups is 1. The van der Waals surface area contributed by atoms with E-state index >= 15 is 0 Å². The lowest BCUT2D eigenvalue weighted by Gasteiger charge is -2.34. The van der Waals surface area contributed by atoms with Gasteiger partial charge in [-0.3, -0.25) is 9.69 Å². The second-order valence-corrected chi connectivity index (χ2v) is 8.85. The summed E-state index contributed by atoms with van der Waals surface area (Å²) in [6, 6.07) is 16.0. The van der Waals surface area contributed by atoms with Gasteiger partial charge in [0.2, 0.25) is 11.8 Å². The van der Waals surface area contributed by atoms with Crippen LogP contribution in [-0.4, -0.2) is 71.0 Å². The number of aromatic nitrogens is 2. The van der Waals surface area contributed by atoms with Gasteiger partial charge in [0.15, 0.2) is 0 Å². The Morgan fingerprint density at radius 3 is 2.47 bits per heavy atom. The maximum atomic E-state index is 12.6. The molecule has 0 atom stereocenters. The number of rotatable bonds is 8. The maximum absolute atomic E-state index is 12.6. The van der Waals surface area contributed by atoms with E-state index in [0.717, 1.165) is 55.2 Å². The molecule has 0 N–H and O–H groups in total. The predicted octanol–water partition coefficient (Wildman–Crippen LogP) is 3.67. The van der Waals surface area contributed by atoms with Crippen molar-refractivity contribution in [2.24, 2.45) is 0 Å². The van der Waals surface area contributed by atoms with E-state index in [9.17, 15) is 4.79 Å². The van der Waals surface area contributed by atoms with Gasteiger partial charge in [0.1, 0.15) is 12.4 Å². The number of aryl methyl sites for hydroxylation is 2. The van der Waals surface area contributed by atoms with Crippen LogP contribution in [0.5, 0.6) is 5.75 Å². The highest BCUT2D eigenvalue weighted by atomic mass is 32.2. The molecule has 32 heavy (non-hydrogen) atoms. The lowest BCUT2D eigenvalue weighted by Crippen LogP contribution is -2.50. The number of ether oxygens (including phenoxy) is 1. The van der Waals surface area contributed by atoms with Crippen molar-refractivity contribution in [2.45, 2.75) is 19.1 Å². The zero-order valence-corrected chi connectivity index (χ0v) is 19.3. The quantitative estimate of drug-likeness (QED) is 0.483. The van der Waals surface area contributed by atoms with Gasteiger partial charge in [0, 0.05) is 38.3 Å². The van der Waals surface area contributed by atoms with E-state index in [4.69, 9.17) is 9.15 Å². The van der Waals surface area contributed by atoms with Crippen LogP contribution >= 0.6 is 11.8 Å². The molecule has 0 saturated carbocycles. The Bertz CT molecular complexity index is 1010. The third kappa shape index (κ3) is 6.11. The molecule has 8 heteroatoms. The normalized spacial score (nSPS) is 14.5. The molecule has 168 valence electrons. The molecular weight excluding hydrogens is 424 g/mol. The molecule has 0 radical (unpaired) electrons. The van der Waals surface area contributed by atoms with E-state index in [2.05, 4.69) is 21.2 Å². The molecule has 0 spiro atoms. The number of nitrogens with zero attached hydrogens (tertiary/aromatic N) is 4. The van der Waals surface area contributed by atoms with Crippen LogP contribution < -0.4 is 4.74 Å². The monoisotopic (exact) mass is 452 g/mol. The van der Waals surface area contributed by atoms with Gasteiger partial charge in [-0.2, -0.15) is 0 Å². The number of carbonyl (C=O) groups excluding carboxylic acids is 1. The van der Waals surface area contributed by atoms with Crippen LogP contribution in [0.4, 0.5) is 0 Å². The van der Waals surface area contributed by atoms with Gasteiger partial charge in [-0.25, -0.2) is 0 Å². The molecule has 2 aromatic carbocycles. The summed E-state index contributed by atoms with van der Waals surface area (Å²) in [5.74, 6) is 1.77. The highest BCUT2D eigenvalue weighted by molar-refractivity contribution is 7.99. The maximum Gasteiger partial charge on any atom is 0.277 e. The Labute approximate surface area is 192 Å². The number of piperazine rings is 1. The molecule has 3 aromatic rings. The van der Waals surface area contributed by atoms with Crippen molar-refractivity contribution in [3.8, 4) is 17.2 Å². The first-order valence-electron chi connectivity index (χ1n) is 10.8. The van der Waals surface area contributed by atoms with Crippen LogP contribution in [0.1, 0.15) is 11.1 Å². The number of hydrogen-bond acceptors (Lipinski definition) is 7. The number of hydrogen-bond donors (Lipinski definition) is 0. The summed E-state index contributed by atoms with van der Waals surface area (Å²) < 4.78 is 11.5. The largest absolute Gasteiger partial charge is 0.492 e. The Morgan fingerprint density at radius 1 is 1.03 bits per heavy atom. The summed E-state index contributed by atoms with van der Waals surface area (Å²) in [5, 5.41) is 8.65. The Balaban J connectivity index is 1.19. The lowest BCUT2D eigenvalue weighted by atomic mass is 10.1. The Hall–Kier alpha value is -2.84. The van der Waals surface area contributed by atoms with E-state index in [1.807, 2.05) is 61.2 Å². The molecule has 2 heterocycles. The van der Waals surface area contributed by atoms with Crippen molar-refractivity contribution in [1.82, 2.24) is 20.0 Å². The summed E-state index contributed by atoms with van der Waals surface area (Å²) in [6.45, 7) is 8.74. The summed E-state index contributed by atoms with van der Waals surface area (Å²) >= 11 is 1.29. The predicted molar refractivity (Wildman–Crippen MR) is 125 cm³/mol. The van der Waals surface area contributed by atoms with Gasteiger partial charge in [-0.1, -0.05) is 47.2 Å². The second-order valence-electron chi connectivity index (χ2n) is 7.92. The van der Waals surface area contributed by atoms with Crippen LogP contribution in [-0.2, 0) is 4.79 Å². The highest BCUT2D eigenvalue weighted by Gasteiger charge is 2.22. The second kappa shape index (κ2) is 10.7. The fourth-order valence-electron chi connectivity index (χ4n) is 3.73. The zero-order valence-electron chi connectivity index (χ0n) is 18.5. The fraction of sp³-hybridized carbons (Fsp3) is 0.375. The molecule has 0 bridgehead atoms. The summed E-state index contributed by atoms with van der Waals surface area (Å²) in [7, 11) is 0. The number of amides is 1. The molecule has 1 saturated heterocycles. The van der Waals surface area contributed by atoms with Gasteiger partial charge in [0.05, 0.1) is 5.75 Å². The van der Waals surface area contributed by atoms with Crippen molar-refractivity contribution in [3.05, 3.63) is 59.7 Å². The highest BCUT2D eigenvalue weighted by Crippen LogP contribution is 2.25. The van der Waals surface area contributed by atoms with Crippen LogP contribution in [0.25, 0.3) is 11.5 Å². The van der Waals surface area contributed by atoms with Crippen molar-refractivity contribution in [3.63, 3.8) is 0 Å². The Kier molecular flexibility index (Phi) is 7.44. The van der Waals surface area contributed by atoms with Crippen LogP contribution in [0.2, 0.25) is 0 Å². The standard InChI is InChI=1S/C24H28N4O3S/c1-18-14-19(2)16-20(15-18)23-25-26-24(31-23)32-17-22(29)28-10-8-27(9-11-28)12-13-30-21-6-4-3-5-7-21/h3-7,14-16H,8-13,17H2,1-2H3. The van der Waals surface area contributed by atoms with Gasteiger partial charge in [-0.05, 0) is 38.1 Å². The Morgan fingerprint density at radius 2 is 1.75 bits per heavy atom. The number of carbonyl (C=O) groups is 1. The minimum atomic E-state index is 0.0985. The molecule has 1 aliphatic rings. The van der Waals surface area contributed by atoms with E-state index in [-0.39, 0.29) is 5.91 Å². The minimum Gasteiger partial charge on any atom is -0.492 e. The SMILES string of the molecule is Cc1cc(C)cc(-c2nnc(SCC(=O)N3CCN(CCOc4ccccc4)CC3)o2)c1. The first-order chi connectivity index (χ1) is 15.6. The van der Waals surface area contributed by atoms with Gasteiger partial charge < -0.3 is 14.1 Å². The van der Waals surface area contributed by atoms with E-state index < -0.39 is 0 Å². The van der Waals surface area contributed by atoms with Crippen molar-refractivity contribution in [2.75, 3.05) is 45.1 Å². The molecule has 1 aromatic heterocycles. The third-order valence-corrected chi connectivity index (χ3v) is 6.14. The van der Waals surface area contributed by atoms with Crippen LogP contribution in [0.3, 0.4) is 0 Å². The molecule has 7 nitrogen and oxygen atoms in total. The topological polar surface area (TPSA) is 71.7 Å². The zero-order chi connectivity index (χ0) is 22.3. The third-order valence-electron chi connectivity index (χ3n) is 5.34. The van der Waals surface area contributed by atoms with Crippen LogP contribution in [0, 0.1) is 13.8 Å². The van der Waals surface area contributed by atoms with Crippen molar-refractivity contribution in [1.29, 1.82) is 0 Å². The van der Waals surface area contributed by atoms with Gasteiger partial charge in [0.25, 0.3) is 5.22 Å². The molecule has 1 amide bonds. The van der Waals surface area contributed by atoms with E-state index in [0.29, 0.717) is 23.5 Å².